The van der Waals surface area contributed by atoms with Crippen LogP contribution in [0.3, 0.4) is 0 Å². The number of nitrogens with zero attached hydrogens (tertiary/aromatic N) is 3. The van der Waals surface area contributed by atoms with Gasteiger partial charge in [-0.1, -0.05) is 36.3 Å². The molecule has 0 unspecified atom stereocenters. The highest BCUT2D eigenvalue weighted by atomic mass is 16.4. The number of carbonyl (C=O) groups excluding carboxylic acids is 2. The highest BCUT2D eigenvalue weighted by Gasteiger charge is 2.28. The molecule has 2 heterocycles. The summed E-state index contributed by atoms with van der Waals surface area (Å²) in [6.07, 6.45) is 6.63. The van der Waals surface area contributed by atoms with Crippen LogP contribution in [0.25, 0.3) is 0 Å². The van der Waals surface area contributed by atoms with E-state index in [-0.39, 0.29) is 0 Å². The molecule has 0 radical (unpaired) electrons. The van der Waals surface area contributed by atoms with Crippen molar-refractivity contribution in [1.82, 2.24) is 20.4 Å². The lowest BCUT2D eigenvalue weighted by molar-refractivity contribution is -0.119. The molecule has 1 aromatic rings. The van der Waals surface area contributed by atoms with E-state index in [2.05, 4.69) is 37.4 Å². The zero-order valence-electron chi connectivity index (χ0n) is 16.9. The second kappa shape index (κ2) is 9.18. The number of hydrogen-bond donors (Lipinski definition) is 3. The molecule has 3 amide bonds. The molecule has 0 aromatic heterocycles. The number of urea groups is 1. The summed E-state index contributed by atoms with van der Waals surface area (Å²) in [5.74, 6) is 5.78. The Hall–Kier alpha value is -3.05. The molecule has 8 heteroatoms. The van der Waals surface area contributed by atoms with Gasteiger partial charge in [0.05, 0.1) is 0 Å². The van der Waals surface area contributed by atoms with Crippen molar-refractivity contribution < 1.29 is 14.8 Å². The summed E-state index contributed by atoms with van der Waals surface area (Å²) < 4.78 is 0. The number of oxime groups is 1. The Kier molecular flexibility index (Phi) is 6.19. The van der Waals surface area contributed by atoms with Crippen molar-refractivity contribution >= 4 is 17.8 Å². The lowest BCUT2D eigenvalue weighted by Gasteiger charge is -2.41. The number of amides is 3. The van der Waals surface area contributed by atoms with Crippen molar-refractivity contribution in [3.05, 3.63) is 35.4 Å². The van der Waals surface area contributed by atoms with Crippen LogP contribution in [0.5, 0.6) is 0 Å². The number of piperazine rings is 1. The largest absolute Gasteiger partial charge is 0.409 e. The van der Waals surface area contributed by atoms with E-state index >= 15 is 0 Å². The smallest absolute Gasteiger partial charge is 0.322 e. The van der Waals surface area contributed by atoms with Crippen molar-refractivity contribution in [3.8, 4) is 11.8 Å². The molecular formula is C22H27N5O3. The average molecular weight is 409 g/mol. The predicted octanol–water partition coefficient (Wildman–Crippen LogP) is 1.33. The summed E-state index contributed by atoms with van der Waals surface area (Å²) in [6.45, 7) is 3.66. The molecule has 2 aliphatic heterocycles. The van der Waals surface area contributed by atoms with Crippen LogP contribution in [0.1, 0.15) is 43.2 Å². The standard InChI is InChI=1S/C22H27N5O3/c28-21-19(23-22(29)24-21)11-8-16-6-9-17(10-7-16)20(25-30)27-14-12-26(13-15-27)18-4-2-1-3-5-18/h6-7,9-10,18-19,30H,1-5,12-15H2,(H2,23,24,28,29)/b25-20-/t19-/m0/s1. The van der Waals surface area contributed by atoms with Crippen molar-refractivity contribution in [2.75, 3.05) is 26.2 Å². The van der Waals surface area contributed by atoms with Crippen LogP contribution in [0.4, 0.5) is 4.79 Å². The van der Waals surface area contributed by atoms with Crippen LogP contribution in [-0.2, 0) is 4.79 Å². The van der Waals surface area contributed by atoms with Crippen LogP contribution in [0.15, 0.2) is 29.4 Å². The maximum atomic E-state index is 11.5. The van der Waals surface area contributed by atoms with Gasteiger partial charge < -0.3 is 15.4 Å². The van der Waals surface area contributed by atoms with Gasteiger partial charge in [-0.15, -0.1) is 0 Å². The highest BCUT2D eigenvalue weighted by molar-refractivity contribution is 6.05. The Labute approximate surface area is 176 Å². The van der Waals surface area contributed by atoms with Gasteiger partial charge in [0.15, 0.2) is 11.9 Å². The normalized spacial score (nSPS) is 23.5. The van der Waals surface area contributed by atoms with E-state index in [9.17, 15) is 14.8 Å². The lowest BCUT2D eigenvalue weighted by atomic mass is 9.94. The maximum absolute atomic E-state index is 11.5. The second-order valence-electron chi connectivity index (χ2n) is 7.98. The van der Waals surface area contributed by atoms with Gasteiger partial charge in [0.2, 0.25) is 0 Å². The second-order valence-corrected chi connectivity index (χ2v) is 7.98. The van der Waals surface area contributed by atoms with E-state index in [1.807, 2.05) is 24.3 Å². The summed E-state index contributed by atoms with van der Waals surface area (Å²) in [7, 11) is 0. The predicted molar refractivity (Wildman–Crippen MR) is 112 cm³/mol. The molecule has 4 rings (SSSR count). The molecule has 1 atom stereocenters. The van der Waals surface area contributed by atoms with Crippen molar-refractivity contribution in [2.45, 2.75) is 44.2 Å². The van der Waals surface area contributed by atoms with Gasteiger partial charge in [-0.3, -0.25) is 15.0 Å². The van der Waals surface area contributed by atoms with Gasteiger partial charge in [0.1, 0.15) is 0 Å². The van der Waals surface area contributed by atoms with Crippen molar-refractivity contribution in [3.63, 3.8) is 0 Å². The first kappa shape index (κ1) is 20.2. The molecule has 1 aliphatic carbocycles. The molecule has 2 saturated heterocycles. The van der Waals surface area contributed by atoms with Gasteiger partial charge in [-0.25, -0.2) is 4.79 Å². The number of amidine groups is 1. The Bertz CT molecular complexity index is 872. The fraction of sp³-hybridized carbons (Fsp3) is 0.500. The van der Waals surface area contributed by atoms with E-state index in [0.717, 1.165) is 31.7 Å². The lowest BCUT2D eigenvalue weighted by Crippen LogP contribution is -2.52. The molecule has 3 fully saturated rings. The summed E-state index contributed by atoms with van der Waals surface area (Å²) in [5.41, 5.74) is 1.54. The maximum Gasteiger partial charge on any atom is 0.322 e. The third-order valence-corrected chi connectivity index (χ3v) is 6.08. The number of hydrogen-bond acceptors (Lipinski definition) is 5. The van der Waals surface area contributed by atoms with Crippen LogP contribution in [0, 0.1) is 11.8 Å². The Morgan fingerprint density at radius 3 is 2.33 bits per heavy atom. The molecule has 0 spiro atoms. The fourth-order valence-corrected chi connectivity index (χ4v) is 4.43. The van der Waals surface area contributed by atoms with Crippen LogP contribution < -0.4 is 10.6 Å². The highest BCUT2D eigenvalue weighted by Crippen LogP contribution is 2.24. The Morgan fingerprint density at radius 1 is 1.03 bits per heavy atom. The number of benzene rings is 1. The molecular weight excluding hydrogens is 382 g/mol. The fourth-order valence-electron chi connectivity index (χ4n) is 4.43. The van der Waals surface area contributed by atoms with Crippen molar-refractivity contribution in [2.24, 2.45) is 5.16 Å². The van der Waals surface area contributed by atoms with E-state index in [1.54, 1.807) is 0 Å². The topological polar surface area (TPSA) is 97.3 Å². The first-order valence-electron chi connectivity index (χ1n) is 10.6. The molecule has 158 valence electrons. The van der Waals surface area contributed by atoms with Gasteiger partial charge in [0, 0.05) is 43.3 Å². The molecule has 0 bridgehead atoms. The van der Waals surface area contributed by atoms with E-state index in [0.29, 0.717) is 17.4 Å². The first-order chi connectivity index (χ1) is 14.6. The summed E-state index contributed by atoms with van der Waals surface area (Å²) in [4.78, 5) is 27.4. The quantitative estimate of drug-likeness (QED) is 0.171. The molecule has 8 nitrogen and oxygen atoms in total. The van der Waals surface area contributed by atoms with Crippen LogP contribution >= 0.6 is 0 Å². The molecule has 1 saturated carbocycles. The SMILES string of the molecule is O=C1NC(=O)[C@H](C#Cc2ccc(/C(=N/O)N3CCN(C4CCCCC4)CC3)cc2)N1. The van der Waals surface area contributed by atoms with Crippen LogP contribution in [0.2, 0.25) is 0 Å². The monoisotopic (exact) mass is 409 g/mol. The number of rotatable bonds is 2. The number of nitrogens with one attached hydrogen (secondary N) is 2. The van der Waals surface area contributed by atoms with Gasteiger partial charge in [0.25, 0.3) is 5.91 Å². The molecule has 1 aromatic carbocycles. The molecule has 3 aliphatic rings. The zero-order chi connectivity index (χ0) is 20.9. The van der Waals surface area contributed by atoms with E-state index < -0.39 is 18.0 Å². The van der Waals surface area contributed by atoms with E-state index in [4.69, 9.17) is 0 Å². The summed E-state index contributed by atoms with van der Waals surface area (Å²) in [6, 6.07) is 6.72. The third kappa shape index (κ3) is 4.57. The van der Waals surface area contributed by atoms with Crippen LogP contribution in [-0.4, -0.2) is 71.0 Å². The molecule has 30 heavy (non-hydrogen) atoms. The Morgan fingerprint density at radius 2 is 1.73 bits per heavy atom. The minimum Gasteiger partial charge on any atom is -0.409 e. The Balaban J connectivity index is 1.36. The van der Waals surface area contributed by atoms with E-state index in [1.165, 1.54) is 32.1 Å². The number of carbonyl (C=O) groups is 2. The minimum absolute atomic E-state index is 0.439. The van der Waals surface area contributed by atoms with Crippen molar-refractivity contribution in [1.29, 1.82) is 0 Å². The molecule has 3 N–H and O–H groups in total. The minimum atomic E-state index is -0.827. The van der Waals surface area contributed by atoms with Gasteiger partial charge in [-0.2, -0.15) is 0 Å². The summed E-state index contributed by atoms with van der Waals surface area (Å²) in [5, 5.41) is 17.8. The zero-order valence-corrected chi connectivity index (χ0v) is 16.9. The van der Waals surface area contributed by atoms with Gasteiger partial charge in [-0.05, 0) is 37.1 Å². The summed E-state index contributed by atoms with van der Waals surface area (Å²) >= 11 is 0. The first-order valence-corrected chi connectivity index (χ1v) is 10.6. The third-order valence-electron chi connectivity index (χ3n) is 6.08. The number of imide groups is 1. The average Bonchev–Trinajstić information content (AvgIpc) is 3.11. The van der Waals surface area contributed by atoms with Gasteiger partial charge >= 0.3 is 6.03 Å².